The molecule has 3 N–H and O–H groups in total. The van der Waals surface area contributed by atoms with Crippen LogP contribution < -0.4 is 20.7 Å². The second-order valence-electron chi connectivity index (χ2n) is 8.82. The SMILES string of the molecule is COc1ccc(Cl)cc1NC(=O)CSc1nnc(N2C(N)=C(C#N)C(c3sccc3C)C3=C2CCCC3=O)s1. The summed E-state index contributed by atoms with van der Waals surface area (Å²) in [5.41, 5.74) is 9.80. The predicted molar refractivity (Wildman–Crippen MR) is 154 cm³/mol. The summed E-state index contributed by atoms with van der Waals surface area (Å²) in [5, 5.41) is 24.4. The van der Waals surface area contributed by atoms with Crippen molar-refractivity contribution in [3.8, 4) is 11.8 Å². The number of rotatable bonds is 7. The van der Waals surface area contributed by atoms with Gasteiger partial charge in [0.2, 0.25) is 11.0 Å². The number of thioether (sulfide) groups is 1. The standard InChI is InChI=1S/C26H23ClN6O3S3/c1-13-8-9-37-23(13)21-15(11-28)24(29)33(17-4-3-5-18(34)22(17)21)25-31-32-26(39-25)38-12-20(35)30-16-10-14(27)6-7-19(16)36-2/h6-10,21H,3-5,12,29H2,1-2H3,(H,30,35). The molecular weight excluding hydrogens is 576 g/mol. The molecule has 1 aromatic carbocycles. The largest absolute Gasteiger partial charge is 0.495 e. The number of nitrogens with two attached hydrogens (primary N) is 1. The summed E-state index contributed by atoms with van der Waals surface area (Å²) in [6.45, 7) is 1.98. The fourth-order valence-corrected chi connectivity index (χ4v) is 7.59. The fraction of sp³-hybridized carbons (Fsp3) is 0.269. The molecule has 0 saturated carbocycles. The van der Waals surface area contributed by atoms with Crippen molar-refractivity contribution >= 4 is 68.5 Å². The van der Waals surface area contributed by atoms with Crippen LogP contribution in [0.25, 0.3) is 0 Å². The van der Waals surface area contributed by atoms with Crippen molar-refractivity contribution in [2.45, 2.75) is 36.4 Å². The van der Waals surface area contributed by atoms with Gasteiger partial charge in [-0.3, -0.25) is 14.5 Å². The van der Waals surface area contributed by atoms with Crippen LogP contribution in [-0.4, -0.2) is 34.8 Å². The second kappa shape index (κ2) is 11.4. The number of aromatic nitrogens is 2. The number of aryl methyl sites for hydroxylation is 1. The first-order chi connectivity index (χ1) is 18.8. The second-order valence-corrected chi connectivity index (χ2v) is 12.4. The third-order valence-electron chi connectivity index (χ3n) is 6.43. The molecule has 1 aliphatic carbocycles. The molecule has 2 aromatic heterocycles. The maximum atomic E-state index is 13.2. The third kappa shape index (κ3) is 5.27. The van der Waals surface area contributed by atoms with E-state index in [9.17, 15) is 14.9 Å². The minimum absolute atomic E-state index is 0.0199. The first-order valence-corrected chi connectivity index (χ1v) is 15.0. The molecule has 2 aliphatic rings. The van der Waals surface area contributed by atoms with Crippen LogP contribution >= 0.6 is 46.0 Å². The maximum absolute atomic E-state index is 13.2. The Balaban J connectivity index is 1.40. The van der Waals surface area contributed by atoms with Crippen molar-refractivity contribution in [3.05, 3.63) is 67.8 Å². The Morgan fingerprint density at radius 1 is 1.36 bits per heavy atom. The Hall–Kier alpha value is -3.37. The van der Waals surface area contributed by atoms with Gasteiger partial charge < -0.3 is 15.8 Å². The van der Waals surface area contributed by atoms with Crippen molar-refractivity contribution < 1.29 is 14.3 Å². The van der Waals surface area contributed by atoms with Crippen LogP contribution in [0.15, 0.2) is 56.6 Å². The highest BCUT2D eigenvalue weighted by Crippen LogP contribution is 2.48. The number of hydrogen-bond donors (Lipinski definition) is 2. The Kier molecular flexibility index (Phi) is 7.95. The quantitative estimate of drug-likeness (QED) is 0.333. The summed E-state index contributed by atoms with van der Waals surface area (Å²) in [6, 6.07) is 9.22. The number of anilines is 2. The molecule has 0 saturated heterocycles. The zero-order valence-corrected chi connectivity index (χ0v) is 24.2. The number of hydrogen-bond acceptors (Lipinski definition) is 11. The van der Waals surface area contributed by atoms with Crippen LogP contribution in [-0.2, 0) is 9.59 Å². The minimum Gasteiger partial charge on any atom is -0.495 e. The number of benzene rings is 1. The number of thiophene rings is 1. The molecule has 1 amide bonds. The van der Waals surface area contributed by atoms with Crippen molar-refractivity contribution in [2.24, 2.45) is 5.73 Å². The van der Waals surface area contributed by atoms with Crippen LogP contribution in [0.1, 0.15) is 35.6 Å². The molecule has 1 aliphatic heterocycles. The highest BCUT2D eigenvalue weighted by Gasteiger charge is 2.42. The number of nitriles is 1. The van der Waals surface area contributed by atoms with Gasteiger partial charge in [0, 0.05) is 27.6 Å². The molecule has 39 heavy (non-hydrogen) atoms. The number of carbonyl (C=O) groups excluding carboxylic acids is 2. The van der Waals surface area contributed by atoms with Gasteiger partial charge in [-0.2, -0.15) is 5.26 Å². The van der Waals surface area contributed by atoms with E-state index in [1.54, 1.807) is 23.1 Å². The molecule has 0 bridgehead atoms. The number of nitrogens with one attached hydrogen (secondary N) is 1. The number of halogens is 1. The van der Waals surface area contributed by atoms with Crippen LogP contribution in [0.5, 0.6) is 5.75 Å². The van der Waals surface area contributed by atoms with Crippen LogP contribution in [0.3, 0.4) is 0 Å². The number of ether oxygens (including phenoxy) is 1. The topological polar surface area (TPSA) is 134 Å². The average molecular weight is 599 g/mol. The molecule has 5 rings (SSSR count). The van der Waals surface area contributed by atoms with Gasteiger partial charge in [-0.25, -0.2) is 0 Å². The van der Waals surface area contributed by atoms with E-state index < -0.39 is 5.92 Å². The fourth-order valence-electron chi connectivity index (χ4n) is 4.69. The van der Waals surface area contributed by atoms with Gasteiger partial charge in [-0.05, 0) is 55.0 Å². The van der Waals surface area contributed by atoms with E-state index in [4.69, 9.17) is 22.1 Å². The molecule has 1 unspecified atom stereocenters. The summed E-state index contributed by atoms with van der Waals surface area (Å²) >= 11 is 10.0. The van der Waals surface area contributed by atoms with Gasteiger partial charge in [0.1, 0.15) is 11.6 Å². The summed E-state index contributed by atoms with van der Waals surface area (Å²) in [4.78, 5) is 28.5. The summed E-state index contributed by atoms with van der Waals surface area (Å²) in [7, 11) is 1.51. The Morgan fingerprint density at radius 3 is 2.90 bits per heavy atom. The molecule has 3 aromatic rings. The third-order valence-corrected chi connectivity index (χ3v) is 9.79. The van der Waals surface area contributed by atoms with Crippen molar-refractivity contribution in [3.63, 3.8) is 0 Å². The number of Topliss-reactive ketones (excluding diaryl/α,β-unsaturated/α-hetero) is 1. The van der Waals surface area contributed by atoms with Gasteiger partial charge in [-0.15, -0.1) is 21.5 Å². The normalized spacial score (nSPS) is 17.2. The number of amides is 1. The monoisotopic (exact) mass is 598 g/mol. The van der Waals surface area contributed by atoms with Gasteiger partial charge >= 0.3 is 0 Å². The lowest BCUT2D eigenvalue weighted by Gasteiger charge is -2.37. The number of allylic oxidation sites excluding steroid dienone is 3. The summed E-state index contributed by atoms with van der Waals surface area (Å²) < 4.78 is 5.82. The van der Waals surface area contributed by atoms with Crippen molar-refractivity contribution in [2.75, 3.05) is 23.1 Å². The van der Waals surface area contributed by atoms with Crippen molar-refractivity contribution in [1.82, 2.24) is 10.2 Å². The smallest absolute Gasteiger partial charge is 0.234 e. The van der Waals surface area contributed by atoms with Crippen LogP contribution in [0.2, 0.25) is 5.02 Å². The van der Waals surface area contributed by atoms with Gasteiger partial charge in [0.05, 0.1) is 36.1 Å². The van der Waals surface area contributed by atoms with Gasteiger partial charge in [-0.1, -0.05) is 34.7 Å². The molecular formula is C26H23ClN6O3S3. The molecule has 200 valence electrons. The zero-order valence-electron chi connectivity index (χ0n) is 21.0. The molecule has 0 radical (unpaired) electrons. The molecule has 0 fully saturated rings. The van der Waals surface area contributed by atoms with Crippen LogP contribution in [0.4, 0.5) is 10.8 Å². The molecule has 3 heterocycles. The number of nitrogens with zero attached hydrogens (tertiary/aromatic N) is 4. The number of ketones is 1. The molecule has 1 atom stereocenters. The zero-order chi connectivity index (χ0) is 27.7. The summed E-state index contributed by atoms with van der Waals surface area (Å²) in [5.74, 6) is 0.0969. The predicted octanol–water partition coefficient (Wildman–Crippen LogP) is 5.61. The first kappa shape index (κ1) is 27.2. The average Bonchev–Trinajstić information content (AvgIpc) is 3.56. The number of carbonyl (C=O) groups is 2. The van der Waals surface area contributed by atoms with E-state index in [-0.39, 0.29) is 23.3 Å². The van der Waals surface area contributed by atoms with E-state index in [0.29, 0.717) is 56.3 Å². The van der Waals surface area contributed by atoms with E-state index in [1.165, 1.54) is 41.5 Å². The lowest BCUT2D eigenvalue weighted by molar-refractivity contribution is -0.116. The molecule has 0 spiro atoms. The van der Waals surface area contributed by atoms with E-state index >= 15 is 0 Å². The maximum Gasteiger partial charge on any atom is 0.234 e. The van der Waals surface area contributed by atoms with Gasteiger partial charge in [0.15, 0.2) is 10.1 Å². The first-order valence-electron chi connectivity index (χ1n) is 11.9. The van der Waals surface area contributed by atoms with E-state index in [1.807, 2.05) is 18.4 Å². The lowest BCUT2D eigenvalue weighted by Crippen LogP contribution is -2.38. The van der Waals surface area contributed by atoms with E-state index in [0.717, 1.165) is 16.1 Å². The van der Waals surface area contributed by atoms with Gasteiger partial charge in [0.25, 0.3) is 0 Å². The highest BCUT2D eigenvalue weighted by molar-refractivity contribution is 8.01. The van der Waals surface area contributed by atoms with Crippen LogP contribution in [0, 0.1) is 18.3 Å². The Labute approximate surface area is 242 Å². The number of methoxy groups -OCH3 is 1. The lowest BCUT2D eigenvalue weighted by atomic mass is 9.78. The Morgan fingerprint density at radius 2 is 2.18 bits per heavy atom. The summed E-state index contributed by atoms with van der Waals surface area (Å²) in [6.07, 6.45) is 1.75. The minimum atomic E-state index is -0.483. The molecule has 13 heteroatoms. The highest BCUT2D eigenvalue weighted by atomic mass is 35.5. The van der Waals surface area contributed by atoms with E-state index in [2.05, 4.69) is 21.6 Å². The van der Waals surface area contributed by atoms with Crippen molar-refractivity contribution in [1.29, 1.82) is 5.26 Å². The Bertz CT molecular complexity index is 1570. The molecule has 9 nitrogen and oxygen atoms in total.